The Morgan fingerprint density at radius 2 is 1.57 bits per heavy atom. The van der Waals surface area contributed by atoms with Gasteiger partial charge >= 0.3 is 5.97 Å². The first-order chi connectivity index (χ1) is 9.96. The number of carboxylic acids is 1. The Labute approximate surface area is 119 Å². The minimum atomic E-state index is -1.34. The minimum Gasteiger partial charge on any atom is -0.497 e. The first-order valence-corrected chi connectivity index (χ1v) is 5.92. The molecule has 110 valence electrons. The number of methoxy groups -OCH3 is 2. The molecule has 0 spiro atoms. The average Bonchev–Trinajstić information content (AvgIpc) is 2.48. The van der Waals surface area contributed by atoms with Crippen LogP contribution in [0.4, 0.5) is 8.78 Å². The van der Waals surface area contributed by atoms with Gasteiger partial charge in [0.1, 0.15) is 11.5 Å². The smallest absolute Gasteiger partial charge is 0.335 e. The van der Waals surface area contributed by atoms with Crippen molar-refractivity contribution in [3.63, 3.8) is 0 Å². The summed E-state index contributed by atoms with van der Waals surface area (Å²) in [6.45, 7) is 0. The first-order valence-electron chi connectivity index (χ1n) is 5.92. The summed E-state index contributed by atoms with van der Waals surface area (Å²) >= 11 is 0. The Hall–Kier alpha value is -2.63. The summed E-state index contributed by atoms with van der Waals surface area (Å²) in [5, 5.41) is 8.93. The van der Waals surface area contributed by atoms with Crippen LogP contribution in [-0.4, -0.2) is 25.3 Å². The molecular weight excluding hydrogens is 282 g/mol. The molecule has 0 aliphatic heterocycles. The van der Waals surface area contributed by atoms with Crippen molar-refractivity contribution in [2.24, 2.45) is 0 Å². The molecule has 1 N–H and O–H groups in total. The summed E-state index contributed by atoms with van der Waals surface area (Å²) in [7, 11) is 2.84. The second-order valence-electron chi connectivity index (χ2n) is 4.23. The van der Waals surface area contributed by atoms with Gasteiger partial charge in [0.15, 0.2) is 11.6 Å². The number of halogens is 2. The molecule has 0 saturated heterocycles. The van der Waals surface area contributed by atoms with Gasteiger partial charge in [-0.05, 0) is 29.8 Å². The molecule has 0 heterocycles. The third-order valence-corrected chi connectivity index (χ3v) is 2.94. The molecule has 6 heteroatoms. The van der Waals surface area contributed by atoms with Gasteiger partial charge in [0.25, 0.3) is 0 Å². The van der Waals surface area contributed by atoms with E-state index in [1.165, 1.54) is 26.4 Å². The van der Waals surface area contributed by atoms with Crippen molar-refractivity contribution in [2.45, 2.75) is 0 Å². The number of rotatable bonds is 4. The highest BCUT2D eigenvalue weighted by atomic mass is 19.2. The van der Waals surface area contributed by atoms with Crippen LogP contribution in [0.25, 0.3) is 11.1 Å². The second-order valence-corrected chi connectivity index (χ2v) is 4.23. The van der Waals surface area contributed by atoms with Gasteiger partial charge in [-0.1, -0.05) is 0 Å². The van der Waals surface area contributed by atoms with Gasteiger partial charge in [-0.25, -0.2) is 13.6 Å². The quantitative estimate of drug-likeness (QED) is 0.939. The lowest BCUT2D eigenvalue weighted by Gasteiger charge is -2.10. The highest BCUT2D eigenvalue weighted by Gasteiger charge is 2.17. The fraction of sp³-hybridized carbons (Fsp3) is 0.133. The van der Waals surface area contributed by atoms with E-state index in [-0.39, 0.29) is 16.7 Å². The van der Waals surface area contributed by atoms with E-state index in [2.05, 4.69) is 0 Å². The maximum atomic E-state index is 14.0. The lowest BCUT2D eigenvalue weighted by molar-refractivity contribution is 0.0696. The maximum absolute atomic E-state index is 14.0. The van der Waals surface area contributed by atoms with Crippen molar-refractivity contribution in [2.75, 3.05) is 14.2 Å². The molecule has 0 aliphatic carbocycles. The molecule has 0 radical (unpaired) electrons. The summed E-state index contributed by atoms with van der Waals surface area (Å²) < 4.78 is 37.6. The molecule has 21 heavy (non-hydrogen) atoms. The molecule has 2 aromatic rings. The van der Waals surface area contributed by atoms with Crippen molar-refractivity contribution >= 4 is 5.97 Å². The Bertz CT molecular complexity index is 676. The Balaban J connectivity index is 2.68. The maximum Gasteiger partial charge on any atom is 0.335 e. The normalized spacial score (nSPS) is 10.3. The number of hydrogen-bond donors (Lipinski definition) is 1. The molecule has 0 amide bonds. The minimum absolute atomic E-state index is 0.176. The van der Waals surface area contributed by atoms with Crippen molar-refractivity contribution in [1.29, 1.82) is 0 Å². The van der Waals surface area contributed by atoms with Crippen LogP contribution in [0.15, 0.2) is 30.3 Å². The Morgan fingerprint density at radius 3 is 2.05 bits per heavy atom. The number of aromatic carboxylic acids is 1. The van der Waals surface area contributed by atoms with Gasteiger partial charge in [-0.3, -0.25) is 0 Å². The molecule has 4 nitrogen and oxygen atoms in total. The zero-order chi connectivity index (χ0) is 15.6. The van der Waals surface area contributed by atoms with Gasteiger partial charge in [0, 0.05) is 11.6 Å². The molecule has 2 rings (SSSR count). The molecule has 0 bridgehead atoms. The summed E-state index contributed by atoms with van der Waals surface area (Å²) in [6, 6.07) is 6.20. The van der Waals surface area contributed by atoms with E-state index < -0.39 is 17.6 Å². The number of hydrogen-bond acceptors (Lipinski definition) is 3. The number of ether oxygens (including phenoxy) is 2. The van der Waals surface area contributed by atoms with Crippen LogP contribution >= 0.6 is 0 Å². The SMILES string of the molecule is COc1cc(OC)cc(-c2cc(C(=O)O)cc(F)c2F)c1. The predicted octanol–water partition coefficient (Wildman–Crippen LogP) is 3.35. The van der Waals surface area contributed by atoms with E-state index in [1.807, 2.05) is 0 Å². The fourth-order valence-corrected chi connectivity index (χ4v) is 1.89. The third-order valence-electron chi connectivity index (χ3n) is 2.94. The van der Waals surface area contributed by atoms with E-state index in [1.54, 1.807) is 6.07 Å². The topological polar surface area (TPSA) is 55.8 Å². The zero-order valence-electron chi connectivity index (χ0n) is 11.3. The van der Waals surface area contributed by atoms with Gasteiger partial charge in [0.05, 0.1) is 19.8 Å². The number of carboxylic acid groups (broad SMARTS) is 1. The largest absolute Gasteiger partial charge is 0.497 e. The Kier molecular flexibility index (Phi) is 4.07. The van der Waals surface area contributed by atoms with E-state index >= 15 is 0 Å². The van der Waals surface area contributed by atoms with Crippen LogP contribution < -0.4 is 9.47 Å². The van der Waals surface area contributed by atoms with Crippen LogP contribution in [0.3, 0.4) is 0 Å². The van der Waals surface area contributed by atoms with Crippen LogP contribution in [0, 0.1) is 11.6 Å². The molecule has 2 aromatic carbocycles. The molecule has 0 fully saturated rings. The zero-order valence-corrected chi connectivity index (χ0v) is 11.3. The van der Waals surface area contributed by atoms with Gasteiger partial charge in [0.2, 0.25) is 0 Å². The van der Waals surface area contributed by atoms with Crippen LogP contribution in [0.2, 0.25) is 0 Å². The second kappa shape index (κ2) is 5.78. The summed E-state index contributed by atoms with van der Waals surface area (Å²) in [4.78, 5) is 11.0. The summed E-state index contributed by atoms with van der Waals surface area (Å²) in [5.74, 6) is -2.94. The molecule has 0 atom stereocenters. The molecule has 0 aliphatic rings. The average molecular weight is 294 g/mol. The monoisotopic (exact) mass is 294 g/mol. The summed E-state index contributed by atoms with van der Waals surface area (Å²) in [5.41, 5.74) is -0.263. The van der Waals surface area contributed by atoms with E-state index in [0.717, 1.165) is 6.07 Å². The van der Waals surface area contributed by atoms with Crippen molar-refractivity contribution in [3.05, 3.63) is 47.5 Å². The molecular formula is C15H12F2O4. The fourth-order valence-electron chi connectivity index (χ4n) is 1.89. The van der Waals surface area contributed by atoms with Crippen LogP contribution in [0.5, 0.6) is 11.5 Å². The number of benzene rings is 2. The summed E-state index contributed by atoms with van der Waals surface area (Å²) in [6.07, 6.45) is 0. The van der Waals surface area contributed by atoms with Crippen molar-refractivity contribution < 1.29 is 28.2 Å². The van der Waals surface area contributed by atoms with E-state index in [0.29, 0.717) is 17.6 Å². The van der Waals surface area contributed by atoms with Crippen LogP contribution in [-0.2, 0) is 0 Å². The van der Waals surface area contributed by atoms with Gasteiger partial charge in [-0.15, -0.1) is 0 Å². The van der Waals surface area contributed by atoms with E-state index in [4.69, 9.17) is 14.6 Å². The molecule has 0 aromatic heterocycles. The number of carbonyl (C=O) groups is 1. The molecule has 0 unspecified atom stereocenters. The molecule has 0 saturated carbocycles. The standard InChI is InChI=1S/C15H12F2O4/c1-20-10-3-8(4-11(7-10)21-2)12-5-9(15(18)19)6-13(16)14(12)17/h3-7H,1-2H3,(H,18,19). The van der Waals surface area contributed by atoms with Crippen LogP contribution in [0.1, 0.15) is 10.4 Å². The van der Waals surface area contributed by atoms with Crippen molar-refractivity contribution in [3.8, 4) is 22.6 Å². The lowest BCUT2D eigenvalue weighted by Crippen LogP contribution is -2.01. The highest BCUT2D eigenvalue weighted by molar-refractivity contribution is 5.89. The highest BCUT2D eigenvalue weighted by Crippen LogP contribution is 2.32. The Morgan fingerprint density at radius 1 is 1.00 bits per heavy atom. The van der Waals surface area contributed by atoms with Gasteiger partial charge in [-0.2, -0.15) is 0 Å². The van der Waals surface area contributed by atoms with Crippen molar-refractivity contribution in [1.82, 2.24) is 0 Å². The first kappa shape index (κ1) is 14.8. The van der Waals surface area contributed by atoms with Gasteiger partial charge < -0.3 is 14.6 Å². The predicted molar refractivity (Wildman–Crippen MR) is 71.9 cm³/mol. The lowest BCUT2D eigenvalue weighted by atomic mass is 10.0. The third kappa shape index (κ3) is 2.94. The van der Waals surface area contributed by atoms with E-state index in [9.17, 15) is 13.6 Å².